The molecule has 3 heteroatoms. The number of rotatable bonds is 1. The molecule has 1 aliphatic heterocycles. The first-order valence-corrected chi connectivity index (χ1v) is 4.66. The van der Waals surface area contributed by atoms with Gasteiger partial charge in [0.1, 0.15) is 5.84 Å². The Morgan fingerprint density at radius 2 is 2.00 bits per heavy atom. The highest BCUT2D eigenvalue weighted by Crippen LogP contribution is 2.23. The molecule has 0 aliphatic carbocycles. The molecule has 72 valence electrons. The standard InChI is InChI=1S/C11H13N3/c1-8-5-3-4-6-10(8)14-11(12)7-9(2)13-14/h3-6,12H,7H2,1-2H3. The summed E-state index contributed by atoms with van der Waals surface area (Å²) in [4.78, 5) is 0. The zero-order valence-electron chi connectivity index (χ0n) is 8.41. The van der Waals surface area contributed by atoms with E-state index in [0.29, 0.717) is 12.3 Å². The minimum atomic E-state index is 0.553. The third-order valence-corrected chi connectivity index (χ3v) is 2.29. The van der Waals surface area contributed by atoms with Crippen LogP contribution < -0.4 is 5.01 Å². The number of nitrogens with zero attached hydrogens (tertiary/aromatic N) is 2. The third-order valence-electron chi connectivity index (χ3n) is 2.29. The molecular weight excluding hydrogens is 174 g/mol. The summed E-state index contributed by atoms with van der Waals surface area (Å²) in [5, 5.41) is 13.8. The molecule has 1 N–H and O–H groups in total. The van der Waals surface area contributed by atoms with Crippen LogP contribution in [0.1, 0.15) is 18.9 Å². The summed E-state index contributed by atoms with van der Waals surface area (Å²) in [6.45, 7) is 3.98. The lowest BCUT2D eigenvalue weighted by Gasteiger charge is -2.15. The van der Waals surface area contributed by atoms with Crippen molar-refractivity contribution < 1.29 is 0 Å². The molecule has 1 aliphatic rings. The van der Waals surface area contributed by atoms with Gasteiger partial charge in [0.05, 0.1) is 5.69 Å². The summed E-state index contributed by atoms with van der Waals surface area (Å²) in [6.07, 6.45) is 0.661. The van der Waals surface area contributed by atoms with Crippen molar-refractivity contribution in [3.63, 3.8) is 0 Å². The van der Waals surface area contributed by atoms with Gasteiger partial charge in [-0.3, -0.25) is 5.41 Å². The second-order valence-electron chi connectivity index (χ2n) is 3.56. The lowest BCUT2D eigenvalue weighted by molar-refractivity contribution is 1.12. The van der Waals surface area contributed by atoms with E-state index in [1.54, 1.807) is 5.01 Å². The van der Waals surface area contributed by atoms with E-state index in [2.05, 4.69) is 5.10 Å². The third kappa shape index (κ3) is 1.41. The van der Waals surface area contributed by atoms with E-state index in [4.69, 9.17) is 5.41 Å². The summed E-state index contributed by atoms with van der Waals surface area (Å²) in [5.41, 5.74) is 3.16. The fourth-order valence-electron chi connectivity index (χ4n) is 1.58. The minimum Gasteiger partial charge on any atom is -0.286 e. The number of anilines is 1. The molecule has 0 unspecified atom stereocenters. The van der Waals surface area contributed by atoms with Crippen molar-refractivity contribution in [1.29, 1.82) is 5.41 Å². The number of para-hydroxylation sites is 1. The topological polar surface area (TPSA) is 39.5 Å². The van der Waals surface area contributed by atoms with Crippen LogP contribution in [0.2, 0.25) is 0 Å². The van der Waals surface area contributed by atoms with Gasteiger partial charge >= 0.3 is 0 Å². The lowest BCUT2D eigenvalue weighted by Crippen LogP contribution is -2.19. The number of hydrogen-bond donors (Lipinski definition) is 1. The SMILES string of the molecule is CC1=NN(c2ccccc2C)C(=N)C1. The van der Waals surface area contributed by atoms with Crippen molar-refractivity contribution in [3.8, 4) is 0 Å². The molecule has 3 nitrogen and oxygen atoms in total. The Kier molecular flexibility index (Phi) is 2.08. The van der Waals surface area contributed by atoms with Gasteiger partial charge in [-0.1, -0.05) is 18.2 Å². The van der Waals surface area contributed by atoms with Crippen LogP contribution >= 0.6 is 0 Å². The van der Waals surface area contributed by atoms with Crippen LogP contribution in [0, 0.1) is 12.3 Å². The van der Waals surface area contributed by atoms with E-state index >= 15 is 0 Å². The van der Waals surface area contributed by atoms with Gasteiger partial charge in [-0.2, -0.15) is 5.10 Å². The van der Waals surface area contributed by atoms with Crippen molar-refractivity contribution in [2.45, 2.75) is 20.3 Å². The highest BCUT2D eigenvalue weighted by atomic mass is 15.5. The Balaban J connectivity index is 2.41. The maximum absolute atomic E-state index is 7.78. The largest absolute Gasteiger partial charge is 0.286 e. The fraction of sp³-hybridized carbons (Fsp3) is 0.273. The molecule has 14 heavy (non-hydrogen) atoms. The van der Waals surface area contributed by atoms with Crippen LogP contribution in [-0.4, -0.2) is 11.5 Å². The molecule has 0 amide bonds. The zero-order chi connectivity index (χ0) is 10.1. The van der Waals surface area contributed by atoms with Gasteiger partial charge in [-0.25, -0.2) is 5.01 Å². The Hall–Kier alpha value is -1.64. The number of hydrazone groups is 1. The van der Waals surface area contributed by atoms with Gasteiger partial charge in [0.25, 0.3) is 0 Å². The molecule has 0 bridgehead atoms. The van der Waals surface area contributed by atoms with E-state index in [1.807, 2.05) is 38.1 Å². The van der Waals surface area contributed by atoms with Gasteiger partial charge in [0.15, 0.2) is 0 Å². The Bertz CT molecular complexity index is 407. The van der Waals surface area contributed by atoms with E-state index < -0.39 is 0 Å². The highest BCUT2D eigenvalue weighted by Gasteiger charge is 2.19. The first-order chi connectivity index (χ1) is 6.68. The Morgan fingerprint density at radius 1 is 1.29 bits per heavy atom. The molecule has 0 atom stereocenters. The van der Waals surface area contributed by atoms with E-state index in [-0.39, 0.29) is 0 Å². The van der Waals surface area contributed by atoms with Crippen molar-refractivity contribution in [2.24, 2.45) is 5.10 Å². The summed E-state index contributed by atoms with van der Waals surface area (Å²) in [6, 6.07) is 7.99. The van der Waals surface area contributed by atoms with Crippen LogP contribution in [0.4, 0.5) is 5.69 Å². The average molecular weight is 187 g/mol. The molecule has 1 aromatic carbocycles. The summed E-state index contributed by atoms with van der Waals surface area (Å²) < 4.78 is 0. The van der Waals surface area contributed by atoms with Crippen LogP contribution in [0.15, 0.2) is 29.4 Å². The first kappa shape index (κ1) is 8.94. The predicted octanol–water partition coefficient (Wildman–Crippen LogP) is 2.56. The molecule has 0 saturated carbocycles. The normalized spacial score (nSPS) is 16.0. The second-order valence-corrected chi connectivity index (χ2v) is 3.56. The first-order valence-electron chi connectivity index (χ1n) is 4.66. The maximum atomic E-state index is 7.78. The highest BCUT2D eigenvalue weighted by molar-refractivity contribution is 6.13. The van der Waals surface area contributed by atoms with Crippen molar-refractivity contribution >= 4 is 17.2 Å². The summed E-state index contributed by atoms with van der Waals surface area (Å²) >= 11 is 0. The summed E-state index contributed by atoms with van der Waals surface area (Å²) in [7, 11) is 0. The molecule has 0 saturated heterocycles. The van der Waals surface area contributed by atoms with Crippen molar-refractivity contribution in [3.05, 3.63) is 29.8 Å². The maximum Gasteiger partial charge on any atom is 0.128 e. The van der Waals surface area contributed by atoms with Crippen molar-refractivity contribution in [2.75, 3.05) is 5.01 Å². The molecule has 0 aromatic heterocycles. The van der Waals surface area contributed by atoms with Crippen molar-refractivity contribution in [1.82, 2.24) is 0 Å². The average Bonchev–Trinajstić information content (AvgIpc) is 2.46. The van der Waals surface area contributed by atoms with Gasteiger partial charge in [-0.15, -0.1) is 0 Å². The van der Waals surface area contributed by atoms with Gasteiger partial charge in [0, 0.05) is 12.1 Å². The number of hydrogen-bond acceptors (Lipinski definition) is 2. The van der Waals surface area contributed by atoms with E-state index in [0.717, 1.165) is 17.0 Å². The molecular formula is C11H13N3. The van der Waals surface area contributed by atoms with Crippen LogP contribution in [0.5, 0.6) is 0 Å². The summed E-state index contributed by atoms with van der Waals surface area (Å²) in [5.74, 6) is 0.553. The van der Waals surface area contributed by atoms with Crippen LogP contribution in [0.25, 0.3) is 0 Å². The molecule has 0 spiro atoms. The lowest BCUT2D eigenvalue weighted by atomic mass is 10.2. The smallest absolute Gasteiger partial charge is 0.128 e. The number of amidine groups is 1. The van der Waals surface area contributed by atoms with E-state index in [9.17, 15) is 0 Å². The van der Waals surface area contributed by atoms with E-state index in [1.165, 1.54) is 0 Å². The number of benzene rings is 1. The quantitative estimate of drug-likeness (QED) is 0.721. The fourth-order valence-corrected chi connectivity index (χ4v) is 1.58. The zero-order valence-corrected chi connectivity index (χ0v) is 8.41. The number of nitrogens with one attached hydrogen (secondary N) is 1. The monoisotopic (exact) mass is 187 g/mol. The van der Waals surface area contributed by atoms with Gasteiger partial charge in [-0.05, 0) is 25.5 Å². The molecule has 2 rings (SSSR count). The Labute approximate surface area is 83.6 Å². The van der Waals surface area contributed by atoms with Gasteiger partial charge < -0.3 is 0 Å². The molecule has 1 heterocycles. The number of aryl methyl sites for hydroxylation is 1. The van der Waals surface area contributed by atoms with Crippen LogP contribution in [0.3, 0.4) is 0 Å². The van der Waals surface area contributed by atoms with Crippen LogP contribution in [-0.2, 0) is 0 Å². The predicted molar refractivity (Wildman–Crippen MR) is 59.1 cm³/mol. The Morgan fingerprint density at radius 3 is 2.57 bits per heavy atom. The molecule has 1 aromatic rings. The minimum absolute atomic E-state index is 0.553. The molecule has 0 radical (unpaired) electrons. The van der Waals surface area contributed by atoms with Gasteiger partial charge in [0.2, 0.25) is 0 Å². The second kappa shape index (κ2) is 3.25. The molecule has 0 fully saturated rings.